The average molecular weight is 408 g/mol. The minimum absolute atomic E-state index is 0.644. The van der Waals surface area contributed by atoms with Gasteiger partial charge in [0.25, 0.3) is 0 Å². The first-order chi connectivity index (χ1) is 14.8. The summed E-state index contributed by atoms with van der Waals surface area (Å²) in [6.45, 7) is 0. The van der Waals surface area contributed by atoms with Crippen LogP contribution in [0.5, 0.6) is 11.5 Å². The zero-order valence-corrected chi connectivity index (χ0v) is 16.9. The van der Waals surface area contributed by atoms with E-state index in [1.807, 2.05) is 79.0 Å². The summed E-state index contributed by atoms with van der Waals surface area (Å²) in [4.78, 5) is 4.67. The van der Waals surface area contributed by atoms with Crippen LogP contribution in [-0.4, -0.2) is 4.98 Å². The molecule has 0 radical (unpaired) electrons. The molecule has 144 valence electrons. The van der Waals surface area contributed by atoms with Crippen LogP contribution in [0, 0.1) is 0 Å². The third-order valence-electron chi connectivity index (χ3n) is 5.03. The van der Waals surface area contributed by atoms with Crippen LogP contribution in [-0.2, 0) is 0 Å². The number of pyridine rings is 1. The Kier molecular flexibility index (Phi) is 4.92. The van der Waals surface area contributed by atoms with E-state index in [1.54, 1.807) is 0 Å². The summed E-state index contributed by atoms with van der Waals surface area (Å²) in [5, 5.41) is 1.66. The maximum atomic E-state index is 6.47. The number of hydrogen-bond acceptors (Lipinski definition) is 2. The summed E-state index contributed by atoms with van der Waals surface area (Å²) < 4.78 is 6.08. The molecule has 0 spiro atoms. The molecule has 30 heavy (non-hydrogen) atoms. The Morgan fingerprint density at radius 3 is 2.10 bits per heavy atom. The number of aromatic nitrogens is 1. The lowest BCUT2D eigenvalue weighted by atomic mass is 9.92. The Bertz CT molecular complexity index is 1320. The van der Waals surface area contributed by atoms with Gasteiger partial charge in [0.05, 0.1) is 10.5 Å². The van der Waals surface area contributed by atoms with Crippen LogP contribution in [0.4, 0.5) is 0 Å². The first-order valence-electron chi connectivity index (χ1n) is 9.75. The highest BCUT2D eigenvalue weighted by molar-refractivity contribution is 6.35. The number of nitrogens with zero attached hydrogens (tertiary/aromatic N) is 1. The van der Waals surface area contributed by atoms with Gasteiger partial charge in [-0.25, -0.2) is 0 Å². The second kappa shape index (κ2) is 8.02. The van der Waals surface area contributed by atoms with Crippen molar-refractivity contribution in [3.63, 3.8) is 0 Å². The fraction of sp³-hybridized carbons (Fsp3) is 0. The molecular weight excluding hydrogens is 390 g/mol. The van der Waals surface area contributed by atoms with Gasteiger partial charge in [0.2, 0.25) is 0 Å². The monoisotopic (exact) mass is 407 g/mol. The highest BCUT2D eigenvalue weighted by Crippen LogP contribution is 2.40. The van der Waals surface area contributed by atoms with Gasteiger partial charge in [-0.15, -0.1) is 0 Å². The van der Waals surface area contributed by atoms with Gasteiger partial charge in [-0.3, -0.25) is 4.98 Å². The molecule has 3 heteroatoms. The Morgan fingerprint density at radius 2 is 1.30 bits per heavy atom. The molecule has 0 N–H and O–H groups in total. The number of halogens is 1. The van der Waals surface area contributed by atoms with Crippen molar-refractivity contribution in [2.24, 2.45) is 0 Å². The van der Waals surface area contributed by atoms with E-state index in [0.717, 1.165) is 44.7 Å². The predicted molar refractivity (Wildman–Crippen MR) is 124 cm³/mol. The summed E-state index contributed by atoms with van der Waals surface area (Å²) in [5.41, 5.74) is 5.10. The molecule has 0 saturated carbocycles. The summed E-state index contributed by atoms with van der Waals surface area (Å²) in [6, 6.07) is 34.1. The molecule has 0 saturated heterocycles. The minimum atomic E-state index is 0.644. The Morgan fingerprint density at radius 1 is 0.633 bits per heavy atom. The number of rotatable bonds is 4. The number of benzene rings is 4. The Hall–Kier alpha value is -3.62. The molecule has 0 aliphatic carbocycles. The van der Waals surface area contributed by atoms with Crippen LogP contribution >= 0.6 is 11.6 Å². The fourth-order valence-corrected chi connectivity index (χ4v) is 3.90. The van der Waals surface area contributed by atoms with Gasteiger partial charge in [0, 0.05) is 22.7 Å². The number of hydrogen-bond donors (Lipinski definition) is 0. The highest BCUT2D eigenvalue weighted by Gasteiger charge is 2.15. The van der Waals surface area contributed by atoms with E-state index in [1.165, 1.54) is 0 Å². The van der Waals surface area contributed by atoms with Crippen LogP contribution in [0.1, 0.15) is 0 Å². The zero-order valence-electron chi connectivity index (χ0n) is 16.1. The molecule has 5 rings (SSSR count). The highest BCUT2D eigenvalue weighted by atomic mass is 35.5. The second-order valence-electron chi connectivity index (χ2n) is 6.99. The van der Waals surface area contributed by atoms with E-state index in [2.05, 4.69) is 35.3 Å². The number of para-hydroxylation sites is 2. The smallest absolute Gasteiger partial charge is 0.128 e. The number of fused-ring (bicyclic) bond motifs is 1. The van der Waals surface area contributed by atoms with Gasteiger partial charge in [0.1, 0.15) is 11.5 Å². The molecular formula is C27H18ClNO. The third-order valence-corrected chi connectivity index (χ3v) is 5.34. The van der Waals surface area contributed by atoms with Crippen LogP contribution in [0.15, 0.2) is 109 Å². The van der Waals surface area contributed by atoms with E-state index in [0.29, 0.717) is 5.02 Å². The molecule has 0 aliphatic rings. The maximum Gasteiger partial charge on any atom is 0.128 e. The molecule has 0 unspecified atom stereocenters. The van der Waals surface area contributed by atoms with Crippen molar-refractivity contribution >= 4 is 22.5 Å². The van der Waals surface area contributed by atoms with Gasteiger partial charge >= 0.3 is 0 Å². The number of ether oxygens (including phenoxy) is 1. The standard InChI is InChI=1S/C27H18ClNO/c28-25-16-8-15-23-26(24(18-29-27(23)25)19-9-3-1-4-10-19)20-11-7-14-22(17-20)30-21-12-5-2-6-13-21/h1-18H. The molecule has 0 aliphatic heterocycles. The molecule has 0 atom stereocenters. The quantitative estimate of drug-likeness (QED) is 0.301. The second-order valence-corrected chi connectivity index (χ2v) is 7.40. The first-order valence-corrected chi connectivity index (χ1v) is 10.1. The van der Waals surface area contributed by atoms with Gasteiger partial charge < -0.3 is 4.74 Å². The van der Waals surface area contributed by atoms with Crippen molar-refractivity contribution < 1.29 is 4.74 Å². The van der Waals surface area contributed by atoms with Crippen LogP contribution in [0.2, 0.25) is 5.02 Å². The normalized spacial score (nSPS) is 10.8. The lowest BCUT2D eigenvalue weighted by Gasteiger charge is -2.15. The minimum Gasteiger partial charge on any atom is -0.457 e. The average Bonchev–Trinajstić information content (AvgIpc) is 2.80. The van der Waals surface area contributed by atoms with Gasteiger partial charge in [-0.05, 0) is 41.5 Å². The van der Waals surface area contributed by atoms with E-state index in [9.17, 15) is 0 Å². The van der Waals surface area contributed by atoms with Crippen molar-refractivity contribution in [1.29, 1.82) is 0 Å². The molecule has 4 aromatic carbocycles. The van der Waals surface area contributed by atoms with E-state index in [4.69, 9.17) is 16.3 Å². The molecule has 0 bridgehead atoms. The molecule has 1 aromatic heterocycles. The van der Waals surface area contributed by atoms with E-state index < -0.39 is 0 Å². The third kappa shape index (κ3) is 3.54. The Labute approximate surface area is 180 Å². The fourth-order valence-electron chi connectivity index (χ4n) is 3.67. The predicted octanol–water partition coefficient (Wildman–Crippen LogP) is 8.01. The molecule has 5 aromatic rings. The SMILES string of the molecule is Clc1cccc2c(-c3cccc(Oc4ccccc4)c3)c(-c3ccccc3)cnc12. The van der Waals surface area contributed by atoms with Crippen molar-refractivity contribution in [3.05, 3.63) is 114 Å². The van der Waals surface area contributed by atoms with Crippen molar-refractivity contribution in [1.82, 2.24) is 4.98 Å². The first kappa shape index (κ1) is 18.4. The summed E-state index contributed by atoms with van der Waals surface area (Å²) in [7, 11) is 0. The molecule has 2 nitrogen and oxygen atoms in total. The van der Waals surface area contributed by atoms with Crippen molar-refractivity contribution in [2.45, 2.75) is 0 Å². The zero-order chi connectivity index (χ0) is 20.3. The largest absolute Gasteiger partial charge is 0.457 e. The lowest BCUT2D eigenvalue weighted by Crippen LogP contribution is -1.92. The van der Waals surface area contributed by atoms with Crippen LogP contribution < -0.4 is 4.74 Å². The van der Waals surface area contributed by atoms with Crippen molar-refractivity contribution in [3.8, 4) is 33.8 Å². The lowest BCUT2D eigenvalue weighted by molar-refractivity contribution is 0.483. The molecule has 0 amide bonds. The molecule has 1 heterocycles. The van der Waals surface area contributed by atoms with E-state index >= 15 is 0 Å². The van der Waals surface area contributed by atoms with Gasteiger partial charge in [-0.1, -0.05) is 84.4 Å². The van der Waals surface area contributed by atoms with Crippen LogP contribution in [0.3, 0.4) is 0 Å². The summed E-state index contributed by atoms with van der Waals surface area (Å²) in [6.07, 6.45) is 1.91. The van der Waals surface area contributed by atoms with Gasteiger partial charge in [0.15, 0.2) is 0 Å². The maximum absolute atomic E-state index is 6.47. The summed E-state index contributed by atoms with van der Waals surface area (Å²) >= 11 is 6.47. The molecule has 0 fully saturated rings. The van der Waals surface area contributed by atoms with Crippen molar-refractivity contribution in [2.75, 3.05) is 0 Å². The van der Waals surface area contributed by atoms with Crippen LogP contribution in [0.25, 0.3) is 33.2 Å². The van der Waals surface area contributed by atoms with E-state index in [-0.39, 0.29) is 0 Å². The summed E-state index contributed by atoms with van der Waals surface area (Å²) in [5.74, 6) is 1.59. The topological polar surface area (TPSA) is 22.1 Å². The van der Waals surface area contributed by atoms with Gasteiger partial charge in [-0.2, -0.15) is 0 Å². The Balaban J connectivity index is 1.71.